The van der Waals surface area contributed by atoms with Gasteiger partial charge in [-0.25, -0.2) is 0 Å². The van der Waals surface area contributed by atoms with Crippen LogP contribution in [-0.2, 0) is 15.1 Å². The fourth-order valence-electron chi connectivity index (χ4n) is 6.98. The molecule has 2 N–H and O–H groups in total. The summed E-state index contributed by atoms with van der Waals surface area (Å²) < 4.78 is 12.8. The third-order valence-corrected chi connectivity index (χ3v) is 8.60. The highest BCUT2D eigenvalue weighted by Gasteiger charge is 2.65. The number of aliphatic hydroxyl groups excluding tert-OH is 1. The van der Waals surface area contributed by atoms with Gasteiger partial charge in [0, 0.05) is 36.2 Å². The number of fused-ring (bicyclic) bond motifs is 4. The maximum atomic E-state index is 14.3. The number of hydrogen-bond acceptors (Lipinski definition) is 6. The number of aliphatic hydroxyl groups is 2. The van der Waals surface area contributed by atoms with E-state index in [1.54, 1.807) is 47.9 Å². The molecule has 0 unspecified atom stereocenters. The normalized spacial score (nSPS) is 25.0. The second-order valence-electron chi connectivity index (χ2n) is 11.5. The zero-order chi connectivity index (χ0) is 29.1. The summed E-state index contributed by atoms with van der Waals surface area (Å²) in [5, 5.41) is 21.0. The van der Waals surface area contributed by atoms with Crippen LogP contribution in [0.4, 0.5) is 17.1 Å². The number of rotatable bonds is 6. The van der Waals surface area contributed by atoms with Crippen molar-refractivity contribution in [1.29, 1.82) is 0 Å². The van der Waals surface area contributed by atoms with Crippen molar-refractivity contribution in [1.82, 2.24) is 0 Å². The van der Waals surface area contributed by atoms with Crippen molar-refractivity contribution in [2.24, 2.45) is 11.8 Å². The van der Waals surface area contributed by atoms with Crippen LogP contribution < -0.4 is 14.5 Å². The second kappa shape index (κ2) is 9.83. The Balaban J connectivity index is 1.56. The minimum atomic E-state index is -1.42. The zero-order valence-corrected chi connectivity index (χ0v) is 23.4. The summed E-state index contributed by atoms with van der Waals surface area (Å²) in [4.78, 5) is 31.6. The Morgan fingerprint density at radius 2 is 1.73 bits per heavy atom. The lowest BCUT2D eigenvalue weighted by Gasteiger charge is -2.34. The maximum Gasteiger partial charge on any atom is 0.266 e. The van der Waals surface area contributed by atoms with Crippen LogP contribution in [0.2, 0.25) is 0 Å². The number of hydrogen-bond donors (Lipinski definition) is 2. The van der Waals surface area contributed by atoms with Gasteiger partial charge in [-0.1, -0.05) is 37.3 Å². The number of carbonyl (C=O) groups excluding carboxylic acids is 2. The average molecular weight is 555 g/mol. The first kappa shape index (κ1) is 27.2. The van der Waals surface area contributed by atoms with E-state index in [-0.39, 0.29) is 31.4 Å². The molecule has 3 aromatic rings. The van der Waals surface area contributed by atoms with Gasteiger partial charge in [0.1, 0.15) is 5.75 Å². The molecule has 41 heavy (non-hydrogen) atoms. The Labute approximate surface area is 239 Å². The molecule has 212 valence electrons. The summed E-state index contributed by atoms with van der Waals surface area (Å²) in [6, 6.07) is 20.0. The first-order chi connectivity index (χ1) is 19.6. The first-order valence-electron chi connectivity index (χ1n) is 13.9. The molecule has 3 heterocycles. The molecule has 1 fully saturated rings. The van der Waals surface area contributed by atoms with Crippen LogP contribution in [0, 0.1) is 11.8 Å². The lowest BCUT2D eigenvalue weighted by Crippen LogP contribution is -2.46. The van der Waals surface area contributed by atoms with Crippen LogP contribution in [0.3, 0.4) is 0 Å². The highest BCUT2D eigenvalue weighted by Crippen LogP contribution is 2.58. The maximum absolute atomic E-state index is 14.3. The van der Waals surface area contributed by atoms with Crippen LogP contribution >= 0.6 is 0 Å². The molecule has 6 rings (SSSR count). The highest BCUT2D eigenvalue weighted by atomic mass is 16.5. The van der Waals surface area contributed by atoms with Crippen LogP contribution in [0.15, 0.2) is 79.4 Å². The van der Waals surface area contributed by atoms with Crippen molar-refractivity contribution in [3.63, 3.8) is 0 Å². The minimum Gasteiger partial charge on any atom is -0.454 e. The number of anilines is 3. The van der Waals surface area contributed by atoms with E-state index in [0.717, 1.165) is 0 Å². The Morgan fingerprint density at radius 1 is 1.02 bits per heavy atom. The Hall–Kier alpha value is -3.98. The van der Waals surface area contributed by atoms with Crippen molar-refractivity contribution >= 4 is 28.9 Å². The molecule has 1 saturated heterocycles. The van der Waals surface area contributed by atoms with Gasteiger partial charge in [-0.2, -0.15) is 0 Å². The fraction of sp³-hybridized carbons (Fsp3) is 0.333. The molecule has 8 nitrogen and oxygen atoms in total. The summed E-state index contributed by atoms with van der Waals surface area (Å²) >= 11 is 0. The summed E-state index contributed by atoms with van der Waals surface area (Å²) in [6.45, 7) is 9.32. The molecule has 3 aliphatic heterocycles. The molecular weight excluding hydrogens is 520 g/mol. The van der Waals surface area contributed by atoms with Gasteiger partial charge < -0.3 is 24.6 Å². The summed E-state index contributed by atoms with van der Waals surface area (Å²) in [6.07, 6.45) is 1.38. The number of amides is 2. The summed E-state index contributed by atoms with van der Waals surface area (Å²) in [5.41, 5.74) is 0.233. The van der Waals surface area contributed by atoms with Crippen molar-refractivity contribution in [3.05, 3.63) is 90.5 Å². The van der Waals surface area contributed by atoms with E-state index < -0.39 is 29.1 Å². The van der Waals surface area contributed by atoms with E-state index in [9.17, 15) is 19.8 Å². The minimum absolute atomic E-state index is 0.143. The molecule has 0 bridgehead atoms. The molecule has 0 saturated carbocycles. The van der Waals surface area contributed by atoms with Gasteiger partial charge in [-0.05, 0) is 62.7 Å². The molecule has 3 aliphatic rings. The quantitative estimate of drug-likeness (QED) is 0.401. The predicted molar refractivity (Wildman–Crippen MR) is 156 cm³/mol. The van der Waals surface area contributed by atoms with Crippen molar-refractivity contribution < 1.29 is 29.3 Å². The van der Waals surface area contributed by atoms with E-state index in [4.69, 9.17) is 9.47 Å². The van der Waals surface area contributed by atoms with Crippen molar-refractivity contribution in [2.75, 3.05) is 23.0 Å². The molecular formula is C33H34N2O6. The molecule has 8 heteroatoms. The monoisotopic (exact) mass is 554 g/mol. The standard InChI is InChI=1S/C33H34N2O6/c1-5-17-34-24-15-14-21(35-25-11-7-9-13-27(25)40-26-12-8-6-10-22(26)30(35)37)19-23(24)33(31(34)38)20(2)29(32(3,4)39)28(41-33)16-18-36/h5-15,19-20,28-29,36,39H,1,16-18H2,2-4H3/t20-,28+,29-,33+/m1/s1. The average Bonchev–Trinajstić information content (AvgIpc) is 3.31. The number of carbonyl (C=O) groups is 2. The van der Waals surface area contributed by atoms with Crippen molar-refractivity contribution in [2.45, 2.75) is 44.5 Å². The van der Waals surface area contributed by atoms with Crippen LogP contribution in [0.5, 0.6) is 11.5 Å². The SMILES string of the molecule is C=CCN1C(=O)[C@@]2(O[C@@H](CCO)[C@H](C(C)(C)O)[C@H]2C)c2cc(N3C(=O)c4ccccc4Oc4ccccc43)ccc21. The van der Waals surface area contributed by atoms with E-state index in [2.05, 4.69) is 6.58 Å². The molecule has 0 aromatic heterocycles. The lowest BCUT2D eigenvalue weighted by atomic mass is 9.71. The Kier molecular flexibility index (Phi) is 6.53. The second-order valence-corrected chi connectivity index (χ2v) is 11.5. The van der Waals surface area contributed by atoms with E-state index in [1.165, 1.54) is 0 Å². The van der Waals surface area contributed by atoms with Gasteiger partial charge in [0.15, 0.2) is 11.4 Å². The fourth-order valence-corrected chi connectivity index (χ4v) is 6.98. The van der Waals surface area contributed by atoms with Gasteiger partial charge in [-0.15, -0.1) is 6.58 Å². The Morgan fingerprint density at radius 3 is 2.44 bits per heavy atom. The van der Waals surface area contributed by atoms with Crippen LogP contribution in [-0.4, -0.2) is 46.9 Å². The largest absolute Gasteiger partial charge is 0.454 e. The lowest BCUT2D eigenvalue weighted by molar-refractivity contribution is -0.146. The Bertz CT molecular complexity index is 1540. The topological polar surface area (TPSA) is 99.5 Å². The van der Waals surface area contributed by atoms with Gasteiger partial charge in [-0.3, -0.25) is 14.5 Å². The summed E-state index contributed by atoms with van der Waals surface area (Å²) in [5.74, 6) is -0.389. The molecule has 2 amide bonds. The third-order valence-electron chi connectivity index (χ3n) is 8.60. The smallest absolute Gasteiger partial charge is 0.266 e. The number of ether oxygens (including phenoxy) is 2. The number of para-hydroxylation sites is 3. The number of benzene rings is 3. The van der Waals surface area contributed by atoms with Gasteiger partial charge in [0.25, 0.3) is 11.8 Å². The van der Waals surface area contributed by atoms with E-state index in [1.807, 2.05) is 55.5 Å². The summed E-state index contributed by atoms with van der Waals surface area (Å²) in [7, 11) is 0. The molecule has 0 aliphatic carbocycles. The van der Waals surface area contributed by atoms with Crippen molar-refractivity contribution in [3.8, 4) is 11.5 Å². The molecule has 1 spiro atoms. The predicted octanol–water partition coefficient (Wildman–Crippen LogP) is 5.30. The van der Waals surface area contributed by atoms with E-state index in [0.29, 0.717) is 39.7 Å². The van der Waals surface area contributed by atoms with Gasteiger partial charge in [0.05, 0.1) is 28.6 Å². The number of nitrogens with zero attached hydrogens (tertiary/aromatic N) is 2. The molecule has 3 aromatic carbocycles. The zero-order valence-electron chi connectivity index (χ0n) is 23.4. The van der Waals surface area contributed by atoms with Crippen LogP contribution in [0.25, 0.3) is 0 Å². The molecule has 0 radical (unpaired) electrons. The molecule has 4 atom stereocenters. The van der Waals surface area contributed by atoms with Gasteiger partial charge in [0.2, 0.25) is 0 Å². The first-order valence-corrected chi connectivity index (χ1v) is 13.9. The third kappa shape index (κ3) is 4.01. The van der Waals surface area contributed by atoms with Gasteiger partial charge >= 0.3 is 0 Å². The van der Waals surface area contributed by atoms with E-state index >= 15 is 0 Å². The highest BCUT2D eigenvalue weighted by molar-refractivity contribution is 6.15. The van der Waals surface area contributed by atoms with Crippen LogP contribution in [0.1, 0.15) is 43.1 Å².